The molecule has 1 aromatic heterocycles. The predicted molar refractivity (Wildman–Crippen MR) is 110 cm³/mol. The van der Waals surface area contributed by atoms with Gasteiger partial charge in [-0.2, -0.15) is 0 Å². The van der Waals surface area contributed by atoms with Crippen molar-refractivity contribution in [3.63, 3.8) is 0 Å². The predicted octanol–water partition coefficient (Wildman–Crippen LogP) is 6.28. The van der Waals surface area contributed by atoms with E-state index in [1.54, 1.807) is 17.8 Å². The normalized spacial score (nSPS) is 10.9. The summed E-state index contributed by atoms with van der Waals surface area (Å²) in [6.45, 7) is 2.08. The zero-order chi connectivity index (χ0) is 18.6. The van der Waals surface area contributed by atoms with Gasteiger partial charge in [-0.1, -0.05) is 78.0 Å². The lowest BCUT2D eigenvalue weighted by Crippen LogP contribution is -1.96. The lowest BCUT2D eigenvalue weighted by Gasteiger charge is -2.07. The van der Waals surface area contributed by atoms with Crippen LogP contribution in [0.3, 0.4) is 0 Å². The largest absolute Gasteiger partial charge is 0.294 e. The summed E-state index contributed by atoms with van der Waals surface area (Å²) in [4.78, 5) is 4.82. The Kier molecular flexibility index (Phi) is 5.07. The summed E-state index contributed by atoms with van der Waals surface area (Å²) in [5, 5.41) is 0.847. The number of nitrogens with zero attached hydrogens (tertiary/aromatic N) is 2. The highest BCUT2D eigenvalue weighted by molar-refractivity contribution is 7.98. The Balaban J connectivity index is 1.69. The molecule has 0 unspecified atom stereocenters. The molecule has 0 saturated heterocycles. The average Bonchev–Trinajstić information content (AvgIpc) is 3.13. The summed E-state index contributed by atoms with van der Waals surface area (Å²) in [7, 11) is 0. The standard InChI is InChI=1S/C23H19FN2S/c1-17-10-12-18(13-11-17)16-27-23-25-22(19-6-3-2-4-7-19)15-26(23)21-9-5-8-20(24)14-21/h2-15H,16H2,1H3. The van der Waals surface area contributed by atoms with Crippen LogP contribution in [0.4, 0.5) is 4.39 Å². The van der Waals surface area contributed by atoms with Gasteiger partial charge in [0.05, 0.1) is 11.4 Å². The van der Waals surface area contributed by atoms with Crippen molar-refractivity contribution < 1.29 is 4.39 Å². The van der Waals surface area contributed by atoms with Gasteiger partial charge in [0.25, 0.3) is 0 Å². The van der Waals surface area contributed by atoms with Crippen LogP contribution >= 0.6 is 11.8 Å². The molecule has 0 spiro atoms. The van der Waals surface area contributed by atoms with E-state index in [1.807, 2.05) is 47.2 Å². The fraction of sp³-hybridized carbons (Fsp3) is 0.0870. The van der Waals surface area contributed by atoms with Crippen LogP contribution in [0.5, 0.6) is 0 Å². The zero-order valence-electron chi connectivity index (χ0n) is 15.0. The van der Waals surface area contributed by atoms with Crippen LogP contribution in [0.15, 0.2) is 90.2 Å². The van der Waals surface area contributed by atoms with Gasteiger partial charge in [0.2, 0.25) is 0 Å². The third-order valence-electron chi connectivity index (χ3n) is 4.32. The fourth-order valence-electron chi connectivity index (χ4n) is 2.86. The molecule has 4 aromatic rings. The summed E-state index contributed by atoms with van der Waals surface area (Å²) in [5.41, 5.74) is 5.18. The number of halogens is 1. The highest BCUT2D eigenvalue weighted by Gasteiger charge is 2.12. The number of aryl methyl sites for hydroxylation is 1. The zero-order valence-corrected chi connectivity index (χ0v) is 15.8. The van der Waals surface area contributed by atoms with Crippen LogP contribution < -0.4 is 0 Å². The van der Waals surface area contributed by atoms with E-state index in [-0.39, 0.29) is 5.82 Å². The summed E-state index contributed by atoms with van der Waals surface area (Å²) >= 11 is 1.65. The van der Waals surface area contributed by atoms with Crippen LogP contribution in [0.2, 0.25) is 0 Å². The van der Waals surface area contributed by atoms with Crippen LogP contribution in [-0.2, 0) is 5.75 Å². The minimum absolute atomic E-state index is 0.253. The molecule has 27 heavy (non-hydrogen) atoms. The molecule has 4 heteroatoms. The Hall–Kier alpha value is -2.85. The van der Waals surface area contributed by atoms with Crippen molar-refractivity contribution >= 4 is 11.8 Å². The molecular formula is C23H19FN2S. The van der Waals surface area contributed by atoms with Crippen molar-refractivity contribution in [1.29, 1.82) is 0 Å². The van der Waals surface area contributed by atoms with Crippen molar-refractivity contribution in [2.45, 2.75) is 17.8 Å². The van der Waals surface area contributed by atoms with Crippen molar-refractivity contribution in [3.8, 4) is 16.9 Å². The summed E-state index contributed by atoms with van der Waals surface area (Å²) in [6, 6.07) is 25.2. The van der Waals surface area contributed by atoms with Crippen molar-refractivity contribution in [2.75, 3.05) is 0 Å². The number of benzene rings is 3. The van der Waals surface area contributed by atoms with Gasteiger partial charge in [0.1, 0.15) is 5.82 Å². The molecule has 0 aliphatic carbocycles. The van der Waals surface area contributed by atoms with Crippen LogP contribution in [0.1, 0.15) is 11.1 Å². The SMILES string of the molecule is Cc1ccc(CSc2nc(-c3ccccc3)cn2-c2cccc(F)c2)cc1. The maximum atomic E-state index is 13.8. The van der Waals surface area contributed by atoms with Crippen molar-refractivity contribution in [3.05, 3.63) is 102 Å². The second kappa shape index (κ2) is 7.80. The molecule has 3 aromatic carbocycles. The Morgan fingerprint density at radius 2 is 1.70 bits per heavy atom. The number of hydrogen-bond acceptors (Lipinski definition) is 2. The first-order valence-electron chi connectivity index (χ1n) is 8.78. The van der Waals surface area contributed by atoms with Crippen molar-refractivity contribution in [1.82, 2.24) is 9.55 Å². The number of imidazole rings is 1. The van der Waals surface area contributed by atoms with Gasteiger partial charge >= 0.3 is 0 Å². The highest BCUT2D eigenvalue weighted by Crippen LogP contribution is 2.29. The Morgan fingerprint density at radius 3 is 2.44 bits per heavy atom. The molecule has 134 valence electrons. The molecule has 2 nitrogen and oxygen atoms in total. The van der Waals surface area contributed by atoms with E-state index in [0.29, 0.717) is 0 Å². The number of aromatic nitrogens is 2. The molecule has 0 bridgehead atoms. The van der Waals surface area contributed by atoms with Crippen molar-refractivity contribution in [2.24, 2.45) is 0 Å². The average molecular weight is 374 g/mol. The number of rotatable bonds is 5. The number of hydrogen-bond donors (Lipinski definition) is 0. The molecule has 4 rings (SSSR count). The summed E-state index contributed by atoms with van der Waals surface area (Å²) in [5.74, 6) is 0.554. The van der Waals surface area contributed by atoms with Gasteiger partial charge in [-0.25, -0.2) is 9.37 Å². The lowest BCUT2D eigenvalue weighted by atomic mass is 10.2. The van der Waals surface area contributed by atoms with E-state index in [0.717, 1.165) is 27.9 Å². The molecule has 1 heterocycles. The van der Waals surface area contributed by atoms with E-state index >= 15 is 0 Å². The summed E-state index contributed by atoms with van der Waals surface area (Å²) in [6.07, 6.45) is 1.97. The van der Waals surface area contributed by atoms with E-state index in [2.05, 4.69) is 31.2 Å². The number of thioether (sulfide) groups is 1. The fourth-order valence-corrected chi connectivity index (χ4v) is 3.80. The third-order valence-corrected chi connectivity index (χ3v) is 5.34. The van der Waals surface area contributed by atoms with Crippen LogP contribution in [0.25, 0.3) is 16.9 Å². The third kappa shape index (κ3) is 4.12. The maximum absolute atomic E-state index is 13.8. The lowest BCUT2D eigenvalue weighted by molar-refractivity contribution is 0.626. The molecule has 0 fully saturated rings. The quantitative estimate of drug-likeness (QED) is 0.383. The first kappa shape index (κ1) is 17.6. The monoisotopic (exact) mass is 374 g/mol. The van der Waals surface area contributed by atoms with Crippen LogP contribution in [-0.4, -0.2) is 9.55 Å². The van der Waals surface area contributed by atoms with E-state index in [4.69, 9.17) is 4.98 Å². The minimum atomic E-state index is -0.253. The van der Waals surface area contributed by atoms with E-state index < -0.39 is 0 Å². The molecule has 0 radical (unpaired) electrons. The van der Waals surface area contributed by atoms with Gasteiger partial charge in [-0.15, -0.1) is 0 Å². The topological polar surface area (TPSA) is 17.8 Å². The molecule has 0 amide bonds. The molecule has 0 atom stereocenters. The molecule has 0 aliphatic rings. The smallest absolute Gasteiger partial charge is 0.173 e. The van der Waals surface area contributed by atoms with E-state index in [1.165, 1.54) is 23.3 Å². The van der Waals surface area contributed by atoms with Gasteiger partial charge in [-0.05, 0) is 30.7 Å². The Bertz CT molecular complexity index is 1040. The molecular weight excluding hydrogens is 355 g/mol. The molecule has 0 saturated carbocycles. The molecule has 0 N–H and O–H groups in total. The molecule has 0 aliphatic heterocycles. The minimum Gasteiger partial charge on any atom is -0.294 e. The highest BCUT2D eigenvalue weighted by atomic mass is 32.2. The van der Waals surface area contributed by atoms with Gasteiger partial charge in [-0.3, -0.25) is 4.57 Å². The van der Waals surface area contributed by atoms with Gasteiger partial charge in [0, 0.05) is 17.5 Å². The Labute approximate surface area is 162 Å². The summed E-state index contributed by atoms with van der Waals surface area (Å²) < 4.78 is 15.7. The second-order valence-corrected chi connectivity index (χ2v) is 7.34. The van der Waals surface area contributed by atoms with Gasteiger partial charge in [0.15, 0.2) is 5.16 Å². The maximum Gasteiger partial charge on any atom is 0.173 e. The Morgan fingerprint density at radius 1 is 0.926 bits per heavy atom. The van der Waals surface area contributed by atoms with Crippen LogP contribution in [0, 0.1) is 12.7 Å². The first-order chi connectivity index (χ1) is 13.2. The second-order valence-electron chi connectivity index (χ2n) is 6.40. The van der Waals surface area contributed by atoms with Gasteiger partial charge < -0.3 is 0 Å². The van der Waals surface area contributed by atoms with E-state index in [9.17, 15) is 4.39 Å². The first-order valence-corrected chi connectivity index (χ1v) is 9.77.